The summed E-state index contributed by atoms with van der Waals surface area (Å²) in [6.07, 6.45) is 1.41. The topological polar surface area (TPSA) is 37.5 Å². The first kappa shape index (κ1) is 11.3. The van der Waals surface area contributed by atoms with Crippen molar-refractivity contribution in [2.24, 2.45) is 5.10 Å². The number of rotatable bonds is 3. The zero-order valence-electron chi connectivity index (χ0n) is 9.08. The third kappa shape index (κ3) is 2.90. The van der Waals surface area contributed by atoms with Crippen molar-refractivity contribution in [1.82, 2.24) is 0 Å². The van der Waals surface area contributed by atoms with Crippen LogP contribution in [0.5, 0.6) is 0 Å². The van der Waals surface area contributed by atoms with Crippen molar-refractivity contribution in [3.63, 3.8) is 0 Å². The Hall–Kier alpha value is -2.17. The first-order valence-electron chi connectivity index (χ1n) is 4.96. The summed E-state index contributed by atoms with van der Waals surface area (Å²) in [7, 11) is 0. The van der Waals surface area contributed by atoms with E-state index in [2.05, 4.69) is 10.5 Å². The van der Waals surface area contributed by atoms with Gasteiger partial charge in [0.25, 0.3) is 0 Å². The van der Waals surface area contributed by atoms with E-state index in [0.717, 1.165) is 17.9 Å². The van der Waals surface area contributed by atoms with Crippen molar-refractivity contribution < 1.29 is 13.2 Å². The van der Waals surface area contributed by atoms with E-state index in [0.29, 0.717) is 5.76 Å². The van der Waals surface area contributed by atoms with Gasteiger partial charge in [0, 0.05) is 6.07 Å². The van der Waals surface area contributed by atoms with E-state index in [-0.39, 0.29) is 5.69 Å². The van der Waals surface area contributed by atoms with E-state index in [1.807, 2.05) is 6.92 Å². The number of nitrogens with zero attached hydrogens (tertiary/aromatic N) is 1. The van der Waals surface area contributed by atoms with Gasteiger partial charge in [-0.05, 0) is 31.2 Å². The zero-order valence-corrected chi connectivity index (χ0v) is 9.08. The number of aryl methyl sites for hydroxylation is 1. The van der Waals surface area contributed by atoms with Gasteiger partial charge >= 0.3 is 0 Å². The van der Waals surface area contributed by atoms with Crippen LogP contribution in [0.25, 0.3) is 0 Å². The van der Waals surface area contributed by atoms with E-state index in [4.69, 9.17) is 4.42 Å². The molecule has 88 valence electrons. The van der Waals surface area contributed by atoms with Crippen molar-refractivity contribution in [2.45, 2.75) is 6.92 Å². The van der Waals surface area contributed by atoms with Crippen LogP contribution in [-0.4, -0.2) is 6.21 Å². The van der Waals surface area contributed by atoms with Gasteiger partial charge in [-0.25, -0.2) is 8.78 Å². The fraction of sp³-hybridized carbons (Fsp3) is 0.0833. The fourth-order valence-corrected chi connectivity index (χ4v) is 1.27. The highest BCUT2D eigenvalue weighted by Gasteiger charge is 2.01. The Morgan fingerprint density at radius 3 is 2.71 bits per heavy atom. The Morgan fingerprint density at radius 1 is 1.24 bits per heavy atom. The molecule has 0 bridgehead atoms. The van der Waals surface area contributed by atoms with E-state index in [9.17, 15) is 8.78 Å². The van der Waals surface area contributed by atoms with E-state index in [1.54, 1.807) is 12.1 Å². The molecule has 1 aromatic heterocycles. The van der Waals surface area contributed by atoms with Gasteiger partial charge in [-0.2, -0.15) is 5.10 Å². The molecule has 0 aliphatic carbocycles. The minimum atomic E-state index is -0.697. The highest BCUT2D eigenvalue weighted by Crippen LogP contribution is 2.14. The second-order valence-corrected chi connectivity index (χ2v) is 3.44. The van der Waals surface area contributed by atoms with E-state index >= 15 is 0 Å². The molecule has 0 spiro atoms. The first-order chi connectivity index (χ1) is 8.15. The van der Waals surface area contributed by atoms with Crippen LogP contribution in [-0.2, 0) is 0 Å². The third-order valence-corrected chi connectivity index (χ3v) is 2.07. The average molecular weight is 236 g/mol. The van der Waals surface area contributed by atoms with E-state index < -0.39 is 11.6 Å². The van der Waals surface area contributed by atoms with Gasteiger partial charge in [0.15, 0.2) is 5.82 Å². The minimum Gasteiger partial charge on any atom is -0.460 e. The van der Waals surface area contributed by atoms with Crippen molar-refractivity contribution >= 4 is 11.9 Å². The number of benzene rings is 1. The number of hydrazone groups is 1. The van der Waals surface area contributed by atoms with Crippen molar-refractivity contribution in [3.8, 4) is 0 Å². The highest BCUT2D eigenvalue weighted by molar-refractivity contribution is 5.76. The Balaban J connectivity index is 2.04. The van der Waals surface area contributed by atoms with Crippen molar-refractivity contribution in [1.29, 1.82) is 0 Å². The maximum Gasteiger partial charge on any atom is 0.151 e. The molecular weight excluding hydrogens is 226 g/mol. The summed E-state index contributed by atoms with van der Waals surface area (Å²) in [6, 6.07) is 6.74. The van der Waals surface area contributed by atoms with Gasteiger partial charge in [-0.3, -0.25) is 5.43 Å². The molecule has 1 aromatic carbocycles. The van der Waals surface area contributed by atoms with E-state index in [1.165, 1.54) is 12.3 Å². The Kier molecular flexibility index (Phi) is 3.18. The normalized spacial score (nSPS) is 11.0. The van der Waals surface area contributed by atoms with Gasteiger partial charge in [-0.15, -0.1) is 0 Å². The Bertz CT molecular complexity index is 549. The van der Waals surface area contributed by atoms with Crippen LogP contribution in [0.4, 0.5) is 14.5 Å². The molecule has 1 heterocycles. The lowest BCUT2D eigenvalue weighted by Gasteiger charge is -2.00. The Morgan fingerprint density at radius 2 is 2.06 bits per heavy atom. The molecule has 2 aromatic rings. The zero-order chi connectivity index (χ0) is 12.3. The van der Waals surface area contributed by atoms with Gasteiger partial charge in [0.1, 0.15) is 17.3 Å². The molecule has 0 unspecified atom stereocenters. The molecule has 3 nitrogen and oxygen atoms in total. The quantitative estimate of drug-likeness (QED) is 0.655. The van der Waals surface area contributed by atoms with Crippen LogP contribution in [0.15, 0.2) is 39.9 Å². The molecule has 1 N–H and O–H groups in total. The summed E-state index contributed by atoms with van der Waals surface area (Å²) < 4.78 is 31.0. The number of anilines is 1. The number of hydrogen-bond donors (Lipinski definition) is 1. The molecule has 5 heteroatoms. The number of halogens is 2. The molecule has 0 saturated heterocycles. The summed E-state index contributed by atoms with van der Waals surface area (Å²) in [6.45, 7) is 1.81. The minimum absolute atomic E-state index is 0.103. The maximum atomic E-state index is 13.2. The van der Waals surface area contributed by atoms with Crippen molar-refractivity contribution in [3.05, 3.63) is 53.5 Å². The third-order valence-electron chi connectivity index (χ3n) is 2.07. The maximum absolute atomic E-state index is 13.2. The summed E-state index contributed by atoms with van der Waals surface area (Å²) in [5.41, 5.74) is 2.57. The predicted molar refractivity (Wildman–Crippen MR) is 61.0 cm³/mol. The lowest BCUT2D eigenvalue weighted by molar-refractivity contribution is 0.528. The first-order valence-corrected chi connectivity index (χ1v) is 4.96. The smallest absolute Gasteiger partial charge is 0.151 e. The molecule has 0 aliphatic heterocycles. The molecule has 2 rings (SSSR count). The van der Waals surface area contributed by atoms with Gasteiger partial charge < -0.3 is 4.42 Å². The Labute approximate surface area is 96.8 Å². The molecular formula is C12H10F2N2O. The predicted octanol–water partition coefficient (Wildman–Crippen LogP) is 3.31. The summed E-state index contributed by atoms with van der Waals surface area (Å²) >= 11 is 0. The lowest BCUT2D eigenvalue weighted by Crippen LogP contribution is -1.93. The lowest BCUT2D eigenvalue weighted by atomic mass is 10.3. The number of furan rings is 1. The van der Waals surface area contributed by atoms with Crippen LogP contribution in [0, 0.1) is 18.6 Å². The molecule has 0 radical (unpaired) electrons. The van der Waals surface area contributed by atoms with Gasteiger partial charge in [0.05, 0.1) is 11.9 Å². The standard InChI is InChI=1S/C12H10F2N2O/c1-8-2-4-10(17-8)7-15-16-12-5-3-9(13)6-11(12)14/h2-7,16H,1H3/b15-7+. The van der Waals surface area contributed by atoms with Crippen molar-refractivity contribution in [2.75, 3.05) is 5.43 Å². The SMILES string of the molecule is Cc1ccc(/C=N/Nc2ccc(F)cc2F)o1. The van der Waals surface area contributed by atoms with Crippen LogP contribution in [0.3, 0.4) is 0 Å². The largest absolute Gasteiger partial charge is 0.460 e. The summed E-state index contributed by atoms with van der Waals surface area (Å²) in [5.74, 6) is -0.00611. The monoisotopic (exact) mass is 236 g/mol. The number of hydrogen-bond acceptors (Lipinski definition) is 3. The molecule has 0 saturated carbocycles. The van der Waals surface area contributed by atoms with Crippen LogP contribution < -0.4 is 5.43 Å². The van der Waals surface area contributed by atoms with Gasteiger partial charge in [0.2, 0.25) is 0 Å². The highest BCUT2D eigenvalue weighted by atomic mass is 19.1. The van der Waals surface area contributed by atoms with Crippen LogP contribution in [0.2, 0.25) is 0 Å². The average Bonchev–Trinajstić information content (AvgIpc) is 2.68. The molecule has 0 aliphatic rings. The van der Waals surface area contributed by atoms with Crippen LogP contribution >= 0.6 is 0 Å². The second-order valence-electron chi connectivity index (χ2n) is 3.44. The fourth-order valence-electron chi connectivity index (χ4n) is 1.27. The molecule has 0 fully saturated rings. The molecule has 17 heavy (non-hydrogen) atoms. The second kappa shape index (κ2) is 4.78. The summed E-state index contributed by atoms with van der Waals surface area (Å²) in [5, 5.41) is 3.78. The molecule has 0 amide bonds. The summed E-state index contributed by atoms with van der Waals surface area (Å²) in [4.78, 5) is 0. The van der Waals surface area contributed by atoms with Gasteiger partial charge in [-0.1, -0.05) is 0 Å². The molecule has 0 atom stereocenters. The number of nitrogens with one attached hydrogen (secondary N) is 1. The van der Waals surface area contributed by atoms with Crippen LogP contribution in [0.1, 0.15) is 11.5 Å².